The molecule has 0 saturated heterocycles. The van der Waals surface area contributed by atoms with Gasteiger partial charge in [-0.1, -0.05) is 19.1 Å². The standard InChI is InChI=1S/C15H26N2O/c1-4-13(2)17(11-12-18-3)10-9-14-5-7-15(16)8-6-14/h5-8,13H,4,9-12,16H2,1-3H3. The monoisotopic (exact) mass is 250 g/mol. The molecule has 3 heteroatoms. The minimum Gasteiger partial charge on any atom is -0.399 e. The summed E-state index contributed by atoms with van der Waals surface area (Å²) >= 11 is 0. The Morgan fingerprint density at radius 1 is 1.22 bits per heavy atom. The Hall–Kier alpha value is -1.06. The fourth-order valence-corrected chi connectivity index (χ4v) is 1.98. The zero-order chi connectivity index (χ0) is 13.4. The van der Waals surface area contributed by atoms with E-state index in [1.54, 1.807) is 7.11 Å². The van der Waals surface area contributed by atoms with Gasteiger partial charge in [-0.15, -0.1) is 0 Å². The van der Waals surface area contributed by atoms with E-state index in [9.17, 15) is 0 Å². The van der Waals surface area contributed by atoms with Crippen molar-refractivity contribution in [1.29, 1.82) is 0 Å². The number of ether oxygens (including phenoxy) is 1. The van der Waals surface area contributed by atoms with Crippen LogP contribution in [-0.4, -0.2) is 37.7 Å². The fraction of sp³-hybridized carbons (Fsp3) is 0.600. The second kappa shape index (κ2) is 8.11. The molecule has 3 nitrogen and oxygen atoms in total. The summed E-state index contributed by atoms with van der Waals surface area (Å²) in [4.78, 5) is 2.49. The van der Waals surface area contributed by atoms with Crippen LogP contribution in [0, 0.1) is 0 Å². The molecule has 0 heterocycles. The molecule has 0 aromatic heterocycles. The molecule has 1 atom stereocenters. The second-order valence-electron chi connectivity index (χ2n) is 4.78. The van der Waals surface area contributed by atoms with E-state index in [-0.39, 0.29) is 0 Å². The quantitative estimate of drug-likeness (QED) is 0.721. The van der Waals surface area contributed by atoms with Crippen LogP contribution in [0.15, 0.2) is 24.3 Å². The molecule has 18 heavy (non-hydrogen) atoms. The third-order valence-corrected chi connectivity index (χ3v) is 3.46. The minimum absolute atomic E-state index is 0.605. The van der Waals surface area contributed by atoms with Gasteiger partial charge in [-0.25, -0.2) is 0 Å². The number of hydrogen-bond acceptors (Lipinski definition) is 3. The summed E-state index contributed by atoms with van der Waals surface area (Å²) in [5, 5.41) is 0. The van der Waals surface area contributed by atoms with Crippen molar-refractivity contribution in [3.8, 4) is 0 Å². The largest absolute Gasteiger partial charge is 0.399 e. The van der Waals surface area contributed by atoms with Gasteiger partial charge in [0.05, 0.1) is 6.61 Å². The van der Waals surface area contributed by atoms with Gasteiger partial charge in [0.15, 0.2) is 0 Å². The van der Waals surface area contributed by atoms with E-state index in [1.165, 1.54) is 12.0 Å². The van der Waals surface area contributed by atoms with Crippen molar-refractivity contribution in [2.75, 3.05) is 32.5 Å². The summed E-state index contributed by atoms with van der Waals surface area (Å²) in [7, 11) is 1.76. The molecular formula is C15H26N2O. The molecule has 0 aliphatic heterocycles. The van der Waals surface area contributed by atoms with E-state index in [1.807, 2.05) is 12.1 Å². The molecule has 0 amide bonds. The molecule has 102 valence electrons. The molecule has 0 radical (unpaired) electrons. The van der Waals surface area contributed by atoms with Crippen molar-refractivity contribution < 1.29 is 4.74 Å². The van der Waals surface area contributed by atoms with Crippen LogP contribution in [0.2, 0.25) is 0 Å². The molecule has 0 aliphatic rings. The predicted octanol–water partition coefficient (Wildman–Crippen LogP) is 2.56. The lowest BCUT2D eigenvalue weighted by Crippen LogP contribution is -2.36. The van der Waals surface area contributed by atoms with Crippen molar-refractivity contribution in [3.05, 3.63) is 29.8 Å². The van der Waals surface area contributed by atoms with E-state index in [4.69, 9.17) is 10.5 Å². The van der Waals surface area contributed by atoms with Crippen molar-refractivity contribution in [1.82, 2.24) is 4.90 Å². The van der Waals surface area contributed by atoms with Crippen LogP contribution in [0.5, 0.6) is 0 Å². The number of nitrogens with two attached hydrogens (primary N) is 1. The first kappa shape index (κ1) is 15.0. The zero-order valence-corrected chi connectivity index (χ0v) is 11.9. The van der Waals surface area contributed by atoms with Gasteiger partial charge in [-0.05, 0) is 37.5 Å². The maximum Gasteiger partial charge on any atom is 0.0589 e. The third-order valence-electron chi connectivity index (χ3n) is 3.46. The Balaban J connectivity index is 2.47. The predicted molar refractivity (Wildman–Crippen MR) is 77.8 cm³/mol. The third kappa shape index (κ3) is 5.07. The van der Waals surface area contributed by atoms with Crippen LogP contribution >= 0.6 is 0 Å². The maximum absolute atomic E-state index is 5.69. The summed E-state index contributed by atoms with van der Waals surface area (Å²) in [5.74, 6) is 0. The van der Waals surface area contributed by atoms with E-state index in [0.717, 1.165) is 31.8 Å². The van der Waals surface area contributed by atoms with Crippen LogP contribution in [0.25, 0.3) is 0 Å². The van der Waals surface area contributed by atoms with Crippen molar-refractivity contribution in [2.45, 2.75) is 32.7 Å². The van der Waals surface area contributed by atoms with Gasteiger partial charge in [0, 0.05) is 31.9 Å². The van der Waals surface area contributed by atoms with E-state index in [0.29, 0.717) is 6.04 Å². The molecule has 0 saturated carbocycles. The van der Waals surface area contributed by atoms with Crippen molar-refractivity contribution in [3.63, 3.8) is 0 Å². The molecule has 0 spiro atoms. The lowest BCUT2D eigenvalue weighted by Gasteiger charge is -2.28. The average molecular weight is 250 g/mol. The molecule has 1 rings (SSSR count). The second-order valence-corrected chi connectivity index (χ2v) is 4.78. The topological polar surface area (TPSA) is 38.5 Å². The zero-order valence-electron chi connectivity index (χ0n) is 11.9. The number of rotatable bonds is 8. The molecule has 1 unspecified atom stereocenters. The number of nitrogens with zero attached hydrogens (tertiary/aromatic N) is 1. The molecule has 1 aromatic carbocycles. The highest BCUT2D eigenvalue weighted by atomic mass is 16.5. The van der Waals surface area contributed by atoms with Crippen LogP contribution in [-0.2, 0) is 11.2 Å². The van der Waals surface area contributed by atoms with E-state index in [2.05, 4.69) is 30.9 Å². The van der Waals surface area contributed by atoms with Gasteiger partial charge in [0.2, 0.25) is 0 Å². The minimum atomic E-state index is 0.605. The summed E-state index contributed by atoms with van der Waals surface area (Å²) < 4.78 is 5.18. The van der Waals surface area contributed by atoms with Gasteiger partial charge in [0.1, 0.15) is 0 Å². The Bertz CT molecular complexity index is 324. The van der Waals surface area contributed by atoms with Crippen molar-refractivity contribution in [2.24, 2.45) is 0 Å². The summed E-state index contributed by atoms with van der Waals surface area (Å²) in [6.45, 7) is 7.38. The first-order chi connectivity index (χ1) is 8.67. The lowest BCUT2D eigenvalue weighted by atomic mass is 10.1. The Labute approximate surface area is 111 Å². The number of methoxy groups -OCH3 is 1. The van der Waals surface area contributed by atoms with Gasteiger partial charge >= 0.3 is 0 Å². The highest BCUT2D eigenvalue weighted by Crippen LogP contribution is 2.09. The lowest BCUT2D eigenvalue weighted by molar-refractivity contribution is 0.124. The highest BCUT2D eigenvalue weighted by molar-refractivity contribution is 5.39. The first-order valence-corrected chi connectivity index (χ1v) is 6.74. The first-order valence-electron chi connectivity index (χ1n) is 6.74. The molecular weight excluding hydrogens is 224 g/mol. The van der Waals surface area contributed by atoms with Crippen LogP contribution < -0.4 is 5.73 Å². The maximum atomic E-state index is 5.69. The van der Waals surface area contributed by atoms with Gasteiger partial charge in [-0.3, -0.25) is 4.90 Å². The molecule has 0 aliphatic carbocycles. The molecule has 1 aromatic rings. The number of nitrogen functional groups attached to an aromatic ring is 1. The average Bonchev–Trinajstić information content (AvgIpc) is 2.40. The number of hydrogen-bond donors (Lipinski definition) is 1. The molecule has 2 N–H and O–H groups in total. The fourth-order valence-electron chi connectivity index (χ4n) is 1.98. The summed E-state index contributed by atoms with van der Waals surface area (Å²) in [6, 6.07) is 8.77. The van der Waals surface area contributed by atoms with Gasteiger partial charge < -0.3 is 10.5 Å². The smallest absolute Gasteiger partial charge is 0.0589 e. The Morgan fingerprint density at radius 3 is 2.44 bits per heavy atom. The Morgan fingerprint density at radius 2 is 1.89 bits per heavy atom. The highest BCUT2D eigenvalue weighted by Gasteiger charge is 2.11. The SMILES string of the molecule is CCC(C)N(CCOC)CCc1ccc(N)cc1. The van der Waals surface area contributed by atoms with Gasteiger partial charge in [-0.2, -0.15) is 0 Å². The van der Waals surface area contributed by atoms with E-state index >= 15 is 0 Å². The number of benzene rings is 1. The van der Waals surface area contributed by atoms with Crippen molar-refractivity contribution >= 4 is 5.69 Å². The molecule has 0 fully saturated rings. The van der Waals surface area contributed by atoms with Gasteiger partial charge in [0.25, 0.3) is 0 Å². The molecule has 0 bridgehead atoms. The van der Waals surface area contributed by atoms with Crippen LogP contribution in [0.1, 0.15) is 25.8 Å². The summed E-state index contributed by atoms with van der Waals surface area (Å²) in [6.07, 6.45) is 2.24. The summed E-state index contributed by atoms with van der Waals surface area (Å²) in [5.41, 5.74) is 7.86. The van der Waals surface area contributed by atoms with E-state index < -0.39 is 0 Å². The van der Waals surface area contributed by atoms with Crippen LogP contribution in [0.3, 0.4) is 0 Å². The Kier molecular flexibility index (Phi) is 6.76. The normalized spacial score (nSPS) is 12.9. The number of anilines is 1. The van der Waals surface area contributed by atoms with Crippen LogP contribution in [0.4, 0.5) is 5.69 Å².